The van der Waals surface area contributed by atoms with Crippen LogP contribution in [0.3, 0.4) is 0 Å². The van der Waals surface area contributed by atoms with E-state index in [1.165, 1.54) is 27.8 Å². The normalized spacial score (nSPS) is 15.9. The van der Waals surface area contributed by atoms with Gasteiger partial charge in [-0.2, -0.15) is 5.10 Å². The average molecular weight is 335 g/mol. The van der Waals surface area contributed by atoms with Crippen LogP contribution in [0.1, 0.15) is 34.7 Å². The summed E-state index contributed by atoms with van der Waals surface area (Å²) in [5, 5.41) is 6.85. The van der Waals surface area contributed by atoms with Crippen LogP contribution < -0.4 is 0 Å². The van der Waals surface area contributed by atoms with Crippen molar-refractivity contribution in [3.8, 4) is 0 Å². The third-order valence-electron chi connectivity index (χ3n) is 5.00. The lowest BCUT2D eigenvalue weighted by molar-refractivity contribution is 0.131. The zero-order valence-electron chi connectivity index (χ0n) is 15.7. The fourth-order valence-electron chi connectivity index (χ4n) is 3.26. The van der Waals surface area contributed by atoms with E-state index in [4.69, 9.17) is 0 Å². The van der Waals surface area contributed by atoms with Gasteiger partial charge in [-0.15, -0.1) is 0 Å². The maximum atomic E-state index is 4.66. The van der Waals surface area contributed by atoms with E-state index in [0.29, 0.717) is 0 Å². The summed E-state index contributed by atoms with van der Waals surface area (Å²) in [7, 11) is 0. The monoisotopic (exact) mass is 335 g/mol. The molecular formula is C22H29N3. The Labute approximate surface area is 152 Å². The van der Waals surface area contributed by atoms with Crippen molar-refractivity contribution in [1.82, 2.24) is 9.91 Å². The highest BCUT2D eigenvalue weighted by Crippen LogP contribution is 2.14. The van der Waals surface area contributed by atoms with Gasteiger partial charge in [0.15, 0.2) is 0 Å². The summed E-state index contributed by atoms with van der Waals surface area (Å²) in [6, 6.07) is 15.4. The number of nitrogens with zero attached hydrogens (tertiary/aromatic N) is 3. The first kappa shape index (κ1) is 17.7. The molecule has 0 saturated carbocycles. The average Bonchev–Trinajstić information content (AvgIpc) is 2.64. The van der Waals surface area contributed by atoms with Crippen molar-refractivity contribution >= 4 is 6.21 Å². The molecule has 2 aromatic rings. The summed E-state index contributed by atoms with van der Waals surface area (Å²) in [6.45, 7) is 11.7. The first-order valence-electron chi connectivity index (χ1n) is 9.30. The van der Waals surface area contributed by atoms with Crippen LogP contribution in [0.2, 0.25) is 0 Å². The summed E-state index contributed by atoms with van der Waals surface area (Å²) in [5.74, 6) is 0. The van der Waals surface area contributed by atoms with Crippen LogP contribution >= 0.6 is 0 Å². The second-order valence-electron chi connectivity index (χ2n) is 7.00. The molecule has 1 saturated heterocycles. The lowest BCUT2D eigenvalue weighted by Gasteiger charge is -2.33. The molecule has 1 aliphatic heterocycles. The zero-order chi connectivity index (χ0) is 17.6. The molecule has 0 unspecified atom stereocenters. The van der Waals surface area contributed by atoms with Crippen LogP contribution in [0, 0.1) is 13.8 Å². The highest BCUT2D eigenvalue weighted by atomic mass is 15.5. The largest absolute Gasteiger partial charge is 0.295 e. The predicted molar refractivity (Wildman–Crippen MR) is 106 cm³/mol. The van der Waals surface area contributed by atoms with Crippen molar-refractivity contribution in [3.05, 3.63) is 70.3 Å². The van der Waals surface area contributed by atoms with E-state index in [2.05, 4.69) is 78.2 Å². The molecule has 0 bridgehead atoms. The number of hydrogen-bond donors (Lipinski definition) is 0. The number of hydrazone groups is 1. The SMILES string of the molecule is CCc1ccc(/C=N\N2CCN(Cc3ccc(C)cc3C)CC2)cc1. The molecule has 0 radical (unpaired) electrons. The summed E-state index contributed by atoms with van der Waals surface area (Å²) in [5.41, 5.74) is 6.73. The number of rotatable bonds is 5. The molecule has 3 heteroatoms. The molecule has 0 atom stereocenters. The predicted octanol–water partition coefficient (Wildman–Crippen LogP) is 4.02. The Hall–Kier alpha value is -2.13. The van der Waals surface area contributed by atoms with Gasteiger partial charge in [-0.1, -0.05) is 55.0 Å². The van der Waals surface area contributed by atoms with E-state index in [0.717, 1.165) is 39.1 Å². The molecule has 25 heavy (non-hydrogen) atoms. The van der Waals surface area contributed by atoms with E-state index >= 15 is 0 Å². The van der Waals surface area contributed by atoms with Crippen LogP contribution in [0.15, 0.2) is 47.6 Å². The van der Waals surface area contributed by atoms with Crippen molar-refractivity contribution in [3.63, 3.8) is 0 Å². The standard InChI is InChI=1S/C22H29N3/c1-4-20-6-8-21(9-7-20)16-23-25-13-11-24(12-14-25)17-22-10-5-18(2)15-19(22)3/h5-10,15-16H,4,11-14,17H2,1-3H3/b23-16-. The Morgan fingerprint density at radius 3 is 2.32 bits per heavy atom. The molecule has 0 spiro atoms. The van der Waals surface area contributed by atoms with Gasteiger partial charge in [0.1, 0.15) is 0 Å². The minimum atomic E-state index is 0.994. The molecule has 132 valence electrons. The van der Waals surface area contributed by atoms with E-state index in [9.17, 15) is 0 Å². The lowest BCUT2D eigenvalue weighted by atomic mass is 10.1. The van der Waals surface area contributed by atoms with Gasteiger partial charge in [-0.25, -0.2) is 0 Å². The topological polar surface area (TPSA) is 18.8 Å². The van der Waals surface area contributed by atoms with Gasteiger partial charge >= 0.3 is 0 Å². The quantitative estimate of drug-likeness (QED) is 0.769. The molecule has 1 fully saturated rings. The minimum Gasteiger partial charge on any atom is -0.295 e. The van der Waals surface area contributed by atoms with Crippen molar-refractivity contribution in [1.29, 1.82) is 0 Å². The van der Waals surface area contributed by atoms with Crippen LogP contribution in [-0.2, 0) is 13.0 Å². The molecule has 2 aromatic carbocycles. The molecule has 1 heterocycles. The molecule has 0 aliphatic carbocycles. The van der Waals surface area contributed by atoms with Crippen molar-refractivity contribution in [2.75, 3.05) is 26.2 Å². The fourth-order valence-corrected chi connectivity index (χ4v) is 3.26. The van der Waals surface area contributed by atoms with Crippen molar-refractivity contribution < 1.29 is 0 Å². The van der Waals surface area contributed by atoms with Crippen molar-refractivity contribution in [2.45, 2.75) is 33.7 Å². The van der Waals surface area contributed by atoms with Crippen LogP contribution in [-0.4, -0.2) is 42.3 Å². The highest BCUT2D eigenvalue weighted by molar-refractivity contribution is 5.79. The Balaban J connectivity index is 1.50. The Morgan fingerprint density at radius 2 is 1.68 bits per heavy atom. The van der Waals surface area contributed by atoms with Gasteiger partial charge in [0.05, 0.1) is 6.21 Å². The summed E-state index contributed by atoms with van der Waals surface area (Å²) < 4.78 is 0. The van der Waals surface area contributed by atoms with Crippen LogP contribution in [0.4, 0.5) is 0 Å². The molecule has 0 N–H and O–H groups in total. The van der Waals surface area contributed by atoms with Gasteiger partial charge < -0.3 is 0 Å². The Kier molecular flexibility index (Phi) is 5.87. The third kappa shape index (κ3) is 4.93. The van der Waals surface area contributed by atoms with E-state index < -0.39 is 0 Å². The molecule has 3 rings (SSSR count). The smallest absolute Gasteiger partial charge is 0.0542 e. The maximum absolute atomic E-state index is 4.66. The Bertz CT molecular complexity index is 711. The second-order valence-corrected chi connectivity index (χ2v) is 7.00. The molecule has 3 nitrogen and oxygen atoms in total. The lowest BCUT2D eigenvalue weighted by Crippen LogP contribution is -2.43. The van der Waals surface area contributed by atoms with Crippen LogP contribution in [0.5, 0.6) is 0 Å². The van der Waals surface area contributed by atoms with Gasteiger partial charge in [-0.3, -0.25) is 9.91 Å². The summed E-state index contributed by atoms with van der Waals surface area (Å²) in [6.07, 6.45) is 3.07. The number of piperazine rings is 1. The van der Waals surface area contributed by atoms with E-state index in [1.807, 2.05) is 6.21 Å². The van der Waals surface area contributed by atoms with Gasteiger partial charge in [-0.05, 0) is 42.5 Å². The minimum absolute atomic E-state index is 0.994. The van der Waals surface area contributed by atoms with E-state index in [1.54, 1.807) is 0 Å². The third-order valence-corrected chi connectivity index (χ3v) is 5.00. The van der Waals surface area contributed by atoms with E-state index in [-0.39, 0.29) is 0 Å². The maximum Gasteiger partial charge on any atom is 0.0542 e. The number of benzene rings is 2. The molecular weight excluding hydrogens is 306 g/mol. The first-order valence-corrected chi connectivity index (χ1v) is 9.30. The number of hydrogen-bond acceptors (Lipinski definition) is 3. The Morgan fingerprint density at radius 1 is 0.960 bits per heavy atom. The number of aryl methyl sites for hydroxylation is 3. The highest BCUT2D eigenvalue weighted by Gasteiger charge is 2.16. The second kappa shape index (κ2) is 8.30. The zero-order valence-corrected chi connectivity index (χ0v) is 15.7. The van der Waals surface area contributed by atoms with Gasteiger partial charge in [0, 0.05) is 32.7 Å². The van der Waals surface area contributed by atoms with Gasteiger partial charge in [0.2, 0.25) is 0 Å². The summed E-state index contributed by atoms with van der Waals surface area (Å²) >= 11 is 0. The molecule has 1 aliphatic rings. The van der Waals surface area contributed by atoms with Gasteiger partial charge in [0.25, 0.3) is 0 Å². The first-order chi connectivity index (χ1) is 12.1. The van der Waals surface area contributed by atoms with Crippen molar-refractivity contribution in [2.24, 2.45) is 5.10 Å². The fraction of sp³-hybridized carbons (Fsp3) is 0.409. The van der Waals surface area contributed by atoms with Crippen LogP contribution in [0.25, 0.3) is 0 Å². The molecule has 0 aromatic heterocycles. The summed E-state index contributed by atoms with van der Waals surface area (Å²) in [4.78, 5) is 2.53. The molecule has 0 amide bonds.